The minimum Gasteiger partial charge on any atom is -0.726 e. The molecule has 4 aliphatic rings. The van der Waals surface area contributed by atoms with Crippen LogP contribution in [0.1, 0.15) is 20.8 Å². The van der Waals surface area contributed by atoms with Crippen LogP contribution in [0.5, 0.6) is 0 Å². The second kappa shape index (κ2) is 23.3. The van der Waals surface area contributed by atoms with E-state index in [2.05, 4.69) is 24.4 Å². The molecule has 33 nitrogen and oxygen atoms in total. The summed E-state index contributed by atoms with van der Waals surface area (Å²) in [5, 5.41) is 83.1. The van der Waals surface area contributed by atoms with Crippen LogP contribution in [0.2, 0.25) is 0 Å². The predicted molar refractivity (Wildman–Crippen MR) is 196 cm³/mol. The summed E-state index contributed by atoms with van der Waals surface area (Å²) in [5.74, 6) is -7.72. The molecule has 10 unspecified atom stereocenters. The largest absolute Gasteiger partial charge is 0.726 e. The lowest BCUT2D eigenvalue weighted by Crippen LogP contribution is -2.71. The first-order valence-electron chi connectivity index (χ1n) is 19.4. The highest BCUT2D eigenvalue weighted by atomic mass is 32.3. The molecule has 0 spiro atoms. The van der Waals surface area contributed by atoms with E-state index >= 15 is 0 Å². The van der Waals surface area contributed by atoms with Crippen LogP contribution < -0.4 is 20.8 Å². The monoisotopic (exact) mass is 1050 g/mol. The number of hydrogen-bond acceptors (Lipinski definition) is 31. The van der Waals surface area contributed by atoms with Crippen molar-refractivity contribution in [2.75, 3.05) is 19.8 Å². The average Bonchev–Trinajstić information content (AvgIpc) is 3.20. The van der Waals surface area contributed by atoms with Gasteiger partial charge in [0.05, 0.1) is 44.0 Å². The van der Waals surface area contributed by atoms with E-state index in [1.54, 1.807) is 0 Å². The SMILES string of the molecule is C=CCO[C@@H]1OC(COS(=O)(=O)[O-])[C@H](C)[C@H](O[C@@H]2OC(C(=O)[O-])[C@H](O[C@@H]3OC(COS(=O)(=O)[O-])[C@H](OS(=O)(=O)[O-])[C@H](O[C@@H]4OC(C(=O)[O-])C(O)C(O)C4O)C3NC(C)=O)[C@H](O)C2O)C1NC(C)=O. The van der Waals surface area contributed by atoms with Gasteiger partial charge in [0.2, 0.25) is 43.0 Å². The normalized spacial score (nSPS) is 39.3. The first kappa shape index (κ1) is 57.3. The number of carbonyl (C=O) groups excluding carboxylic acids is 4. The number of ether oxygens (including phenoxy) is 8. The van der Waals surface area contributed by atoms with Crippen LogP contribution in [0.3, 0.4) is 0 Å². The van der Waals surface area contributed by atoms with Crippen LogP contribution in [0.15, 0.2) is 12.7 Å². The third kappa shape index (κ3) is 15.1. The zero-order valence-corrected chi connectivity index (χ0v) is 37.5. The van der Waals surface area contributed by atoms with Crippen molar-refractivity contribution in [2.45, 2.75) is 137 Å². The minimum absolute atomic E-state index is 0.296. The van der Waals surface area contributed by atoms with Gasteiger partial charge in [0.1, 0.15) is 79.2 Å². The summed E-state index contributed by atoms with van der Waals surface area (Å²) in [6.45, 7) is 3.56. The first-order chi connectivity index (χ1) is 31.3. The maximum absolute atomic E-state index is 12.7. The fraction of sp³-hybridized carbons (Fsp3) is 0.812. The summed E-state index contributed by atoms with van der Waals surface area (Å²) in [4.78, 5) is 49.4. The Labute approximate surface area is 384 Å². The van der Waals surface area contributed by atoms with Crippen LogP contribution in [-0.4, -0.2) is 225 Å². The predicted octanol–water partition coefficient (Wildman–Crippen LogP) is -11.0. The van der Waals surface area contributed by atoms with E-state index < -0.39 is 191 Å². The maximum Gasteiger partial charge on any atom is 0.218 e. The number of aliphatic carboxylic acids is 2. The molecule has 7 N–H and O–H groups in total. The molecule has 2 amide bonds. The Morgan fingerprint density at radius 2 is 1.04 bits per heavy atom. The summed E-state index contributed by atoms with van der Waals surface area (Å²) in [6, 6.07) is -3.80. The van der Waals surface area contributed by atoms with Gasteiger partial charge in [0.25, 0.3) is 0 Å². The van der Waals surface area contributed by atoms with Crippen LogP contribution >= 0.6 is 0 Å². The van der Waals surface area contributed by atoms with E-state index in [1.165, 1.54) is 13.0 Å². The molecule has 0 bridgehead atoms. The van der Waals surface area contributed by atoms with Gasteiger partial charge in [-0.1, -0.05) is 13.0 Å². The van der Waals surface area contributed by atoms with Crippen LogP contribution in [0, 0.1) is 5.92 Å². The van der Waals surface area contributed by atoms with Crippen LogP contribution in [0.25, 0.3) is 0 Å². The molecule has 0 saturated carbocycles. The van der Waals surface area contributed by atoms with E-state index in [0.29, 0.717) is 0 Å². The fourth-order valence-electron chi connectivity index (χ4n) is 7.33. The second-order valence-corrected chi connectivity index (χ2v) is 18.2. The van der Waals surface area contributed by atoms with Crippen molar-refractivity contribution in [1.82, 2.24) is 10.6 Å². The Morgan fingerprint density at radius 3 is 1.53 bits per heavy atom. The first-order valence-corrected chi connectivity index (χ1v) is 23.4. The van der Waals surface area contributed by atoms with Crippen molar-refractivity contribution >= 4 is 54.9 Å². The highest BCUT2D eigenvalue weighted by Gasteiger charge is 2.57. The molecular weight excluding hydrogens is 1000 g/mol. The van der Waals surface area contributed by atoms with Gasteiger partial charge in [-0.15, -0.1) is 6.58 Å². The van der Waals surface area contributed by atoms with Gasteiger partial charge in [-0.3, -0.25) is 22.1 Å². The number of aliphatic hydroxyl groups excluding tert-OH is 5. The third-order valence-electron chi connectivity index (χ3n) is 10.3. The lowest BCUT2D eigenvalue weighted by Gasteiger charge is -2.51. The standard InChI is InChI=1S/C32H50N2O31S3/c1-5-6-55-29-14(33-10(3)35)21(9(2)12(58-29)7-56-66(46,47)48)60-32-20(41)18(39)24(26(64-32)28(44)45)62-30-15(34-11(4)36)23(61-31-19(40)16(37)17(38)25(63-31)27(42)43)22(65-68(52,53)54)13(59-30)8-57-67(49,50)51/h5,9,12-26,29-32,37-41H,1,6-8H2,2-4H3,(H,33,35)(H,34,36)(H,42,43)(H,44,45)(H,46,47,48)(H,49,50,51)(H,52,53,54)/p-5/t9-,12?,13?,14?,15?,16?,17?,18+,19?,20?,21-,22-,23+,24+,25?,26?,29+,30-,31+,32+/m0/s1. The van der Waals surface area contributed by atoms with E-state index in [1.807, 2.05) is 5.32 Å². The van der Waals surface area contributed by atoms with Gasteiger partial charge in [-0.2, -0.15) is 0 Å². The summed E-state index contributed by atoms with van der Waals surface area (Å²) in [5.41, 5.74) is 0. The lowest BCUT2D eigenvalue weighted by molar-refractivity contribution is -0.384. The van der Waals surface area contributed by atoms with E-state index in [9.17, 15) is 93.8 Å². The molecule has 68 heavy (non-hydrogen) atoms. The number of carboxylic acid groups (broad SMARTS) is 2. The molecule has 20 atom stereocenters. The Morgan fingerprint density at radius 1 is 0.588 bits per heavy atom. The number of amides is 2. The molecule has 0 aromatic carbocycles. The van der Waals surface area contributed by atoms with Crippen molar-refractivity contribution in [3.63, 3.8) is 0 Å². The second-order valence-electron chi connectivity index (χ2n) is 15.1. The van der Waals surface area contributed by atoms with Gasteiger partial charge in [-0.25, -0.2) is 25.3 Å². The minimum atomic E-state index is -6.06. The molecular formula is C32H45N2O31S3-5. The van der Waals surface area contributed by atoms with Gasteiger partial charge >= 0.3 is 0 Å². The van der Waals surface area contributed by atoms with Crippen molar-refractivity contribution in [2.24, 2.45) is 5.92 Å². The molecule has 4 heterocycles. The molecule has 0 aromatic rings. The van der Waals surface area contributed by atoms with Crippen molar-refractivity contribution in [3.8, 4) is 0 Å². The molecule has 392 valence electrons. The number of rotatable bonds is 21. The summed E-state index contributed by atoms with van der Waals surface area (Å²) in [7, 11) is -17.2. The Bertz CT molecular complexity index is 2130. The summed E-state index contributed by atoms with van der Waals surface area (Å²) < 4.78 is 162. The Kier molecular flexibility index (Phi) is 19.6. The molecule has 4 aliphatic heterocycles. The Hall–Kier alpha value is -3.29. The zero-order chi connectivity index (χ0) is 51.4. The highest BCUT2D eigenvalue weighted by molar-refractivity contribution is 7.81. The molecule has 4 saturated heterocycles. The van der Waals surface area contributed by atoms with Crippen LogP contribution in [-0.2, 0) is 101 Å². The topological polar surface area (TPSA) is 513 Å². The lowest BCUT2D eigenvalue weighted by atomic mass is 9.88. The molecule has 4 fully saturated rings. The Balaban J connectivity index is 1.78. The van der Waals surface area contributed by atoms with Gasteiger partial charge in [0.15, 0.2) is 25.2 Å². The smallest absolute Gasteiger partial charge is 0.218 e. The number of carbonyl (C=O) groups is 4. The van der Waals surface area contributed by atoms with Crippen molar-refractivity contribution < 1.29 is 144 Å². The van der Waals surface area contributed by atoms with E-state index in [0.717, 1.165) is 13.8 Å². The highest BCUT2D eigenvalue weighted by Crippen LogP contribution is 2.37. The van der Waals surface area contributed by atoms with Crippen molar-refractivity contribution in [3.05, 3.63) is 12.7 Å². The number of aliphatic hydroxyl groups is 5. The molecule has 4 rings (SSSR count). The molecule has 0 aliphatic carbocycles. The average molecular weight is 1050 g/mol. The molecule has 0 aromatic heterocycles. The number of carboxylic acids is 2. The van der Waals surface area contributed by atoms with Crippen LogP contribution in [0.4, 0.5) is 0 Å². The number of nitrogens with one attached hydrogen (secondary N) is 2. The zero-order valence-electron chi connectivity index (χ0n) is 35.0. The summed E-state index contributed by atoms with van der Waals surface area (Å²) >= 11 is 0. The summed E-state index contributed by atoms with van der Waals surface area (Å²) in [6.07, 6.45) is -39.0. The molecule has 36 heteroatoms. The third-order valence-corrected chi connectivity index (χ3v) is 11.6. The fourth-order valence-corrected chi connectivity index (χ4v) is 8.44. The van der Waals surface area contributed by atoms with E-state index in [4.69, 9.17) is 37.9 Å². The number of hydrogen-bond donors (Lipinski definition) is 7. The maximum atomic E-state index is 12.7. The van der Waals surface area contributed by atoms with Crippen molar-refractivity contribution in [1.29, 1.82) is 0 Å². The van der Waals surface area contributed by atoms with Gasteiger partial charge < -0.3 is 108 Å². The van der Waals surface area contributed by atoms with Gasteiger partial charge in [0, 0.05) is 19.8 Å². The van der Waals surface area contributed by atoms with Gasteiger partial charge in [-0.05, 0) is 0 Å². The quantitative estimate of drug-likeness (QED) is 0.0319. The van der Waals surface area contributed by atoms with E-state index in [-0.39, 0.29) is 6.61 Å². The molecule has 0 radical (unpaired) electrons.